The summed E-state index contributed by atoms with van der Waals surface area (Å²) in [7, 11) is 0. The van der Waals surface area contributed by atoms with E-state index in [0.29, 0.717) is 17.9 Å². The SMILES string of the molecule is C=C1CC(Nc2nccc(-c3c[nH]c4cc(CCC#N)c(F)cc34)n2)CC(C)(C)N1. The van der Waals surface area contributed by atoms with Gasteiger partial charge in [-0.15, -0.1) is 0 Å². The van der Waals surface area contributed by atoms with Gasteiger partial charge in [-0.2, -0.15) is 5.26 Å². The molecule has 30 heavy (non-hydrogen) atoms. The molecule has 7 heteroatoms. The van der Waals surface area contributed by atoms with Crippen molar-refractivity contribution >= 4 is 16.9 Å². The van der Waals surface area contributed by atoms with Gasteiger partial charge >= 0.3 is 0 Å². The van der Waals surface area contributed by atoms with Crippen LogP contribution in [-0.4, -0.2) is 26.5 Å². The van der Waals surface area contributed by atoms with Gasteiger partial charge in [0.15, 0.2) is 0 Å². The van der Waals surface area contributed by atoms with Crippen molar-refractivity contribution in [2.24, 2.45) is 0 Å². The van der Waals surface area contributed by atoms with Crippen molar-refractivity contribution in [1.29, 1.82) is 5.26 Å². The Hall–Kier alpha value is -3.40. The topological polar surface area (TPSA) is 89.4 Å². The molecule has 1 aliphatic heterocycles. The van der Waals surface area contributed by atoms with Crippen LogP contribution in [0.25, 0.3) is 22.2 Å². The van der Waals surface area contributed by atoms with Crippen molar-refractivity contribution in [2.45, 2.75) is 51.1 Å². The second kappa shape index (κ2) is 7.79. The number of aromatic amines is 1. The number of aryl methyl sites for hydroxylation is 1. The molecule has 1 atom stereocenters. The summed E-state index contributed by atoms with van der Waals surface area (Å²) in [5, 5.41) is 16.4. The van der Waals surface area contributed by atoms with Gasteiger partial charge in [0.1, 0.15) is 5.82 Å². The molecule has 154 valence electrons. The second-order valence-corrected chi connectivity index (χ2v) is 8.48. The number of benzene rings is 1. The number of H-pyrrole nitrogens is 1. The first-order valence-electron chi connectivity index (χ1n) is 10.1. The maximum absolute atomic E-state index is 14.5. The average molecular weight is 404 g/mol. The number of hydrogen-bond donors (Lipinski definition) is 3. The number of aromatic nitrogens is 3. The Balaban J connectivity index is 1.61. The number of anilines is 1. The van der Waals surface area contributed by atoms with Gasteiger partial charge in [0.25, 0.3) is 0 Å². The van der Waals surface area contributed by atoms with E-state index in [2.05, 4.69) is 52.1 Å². The Morgan fingerprint density at radius 3 is 3.00 bits per heavy atom. The summed E-state index contributed by atoms with van der Waals surface area (Å²) >= 11 is 0. The average Bonchev–Trinajstić information content (AvgIpc) is 3.07. The molecule has 6 nitrogen and oxygen atoms in total. The molecule has 0 bridgehead atoms. The number of rotatable bonds is 5. The van der Waals surface area contributed by atoms with Crippen molar-refractivity contribution in [3.05, 3.63) is 54.2 Å². The van der Waals surface area contributed by atoms with E-state index >= 15 is 0 Å². The van der Waals surface area contributed by atoms with Crippen LogP contribution in [0.15, 0.2) is 42.9 Å². The highest BCUT2D eigenvalue weighted by atomic mass is 19.1. The Morgan fingerprint density at radius 1 is 1.40 bits per heavy atom. The lowest BCUT2D eigenvalue weighted by Crippen LogP contribution is -2.48. The van der Waals surface area contributed by atoms with E-state index in [9.17, 15) is 4.39 Å². The largest absolute Gasteiger partial charge is 0.384 e. The van der Waals surface area contributed by atoms with E-state index in [4.69, 9.17) is 5.26 Å². The maximum atomic E-state index is 14.5. The number of nitriles is 1. The van der Waals surface area contributed by atoms with Crippen molar-refractivity contribution in [1.82, 2.24) is 20.3 Å². The first-order valence-corrected chi connectivity index (χ1v) is 10.1. The molecule has 3 heterocycles. The summed E-state index contributed by atoms with van der Waals surface area (Å²) < 4.78 is 14.5. The molecule has 3 aromatic rings. The molecule has 1 aromatic carbocycles. The van der Waals surface area contributed by atoms with Crippen molar-refractivity contribution in [2.75, 3.05) is 5.32 Å². The van der Waals surface area contributed by atoms with E-state index in [-0.39, 0.29) is 23.8 Å². The Bertz CT molecular complexity index is 1140. The lowest BCUT2D eigenvalue weighted by molar-refractivity contribution is 0.324. The van der Waals surface area contributed by atoms with Crippen LogP contribution in [0.3, 0.4) is 0 Å². The predicted octanol–water partition coefficient (Wildman–Crippen LogP) is 4.68. The van der Waals surface area contributed by atoms with Crippen LogP contribution in [0.4, 0.5) is 10.3 Å². The quantitative estimate of drug-likeness (QED) is 0.575. The monoisotopic (exact) mass is 404 g/mol. The summed E-state index contributed by atoms with van der Waals surface area (Å²) in [5.74, 6) is 0.241. The highest BCUT2D eigenvalue weighted by Gasteiger charge is 2.29. The zero-order chi connectivity index (χ0) is 21.3. The first-order chi connectivity index (χ1) is 14.3. The molecule has 2 aromatic heterocycles. The Morgan fingerprint density at radius 2 is 2.23 bits per heavy atom. The van der Waals surface area contributed by atoms with Crippen LogP contribution >= 0.6 is 0 Å². The second-order valence-electron chi connectivity index (χ2n) is 8.48. The fraction of sp³-hybridized carbons (Fsp3) is 0.348. The molecule has 0 spiro atoms. The van der Waals surface area contributed by atoms with Gasteiger partial charge < -0.3 is 15.6 Å². The smallest absolute Gasteiger partial charge is 0.223 e. The summed E-state index contributed by atoms with van der Waals surface area (Å²) in [6.45, 7) is 8.37. The van der Waals surface area contributed by atoms with E-state index in [1.54, 1.807) is 12.3 Å². The summed E-state index contributed by atoms with van der Waals surface area (Å²) in [4.78, 5) is 12.2. The fourth-order valence-corrected chi connectivity index (χ4v) is 4.21. The minimum Gasteiger partial charge on any atom is -0.384 e. The first kappa shape index (κ1) is 19.9. The van der Waals surface area contributed by atoms with Crippen LogP contribution in [0.2, 0.25) is 0 Å². The van der Waals surface area contributed by atoms with Crippen LogP contribution in [0.1, 0.15) is 38.7 Å². The molecular weight excluding hydrogens is 379 g/mol. The van der Waals surface area contributed by atoms with E-state index in [0.717, 1.165) is 40.7 Å². The Labute approximate surface area is 175 Å². The van der Waals surface area contributed by atoms with Gasteiger partial charge in [-0.3, -0.25) is 0 Å². The molecule has 1 aliphatic rings. The van der Waals surface area contributed by atoms with Gasteiger partial charge in [0.2, 0.25) is 5.95 Å². The molecule has 0 amide bonds. The van der Waals surface area contributed by atoms with Gasteiger partial charge in [0, 0.05) is 59.0 Å². The molecule has 4 rings (SSSR count). The summed E-state index contributed by atoms with van der Waals surface area (Å²) in [6.07, 6.45) is 5.95. The van der Waals surface area contributed by atoms with Crippen LogP contribution < -0.4 is 10.6 Å². The normalized spacial score (nSPS) is 18.1. The van der Waals surface area contributed by atoms with Crippen molar-refractivity contribution in [3.8, 4) is 17.3 Å². The number of nitrogens with zero attached hydrogens (tertiary/aromatic N) is 3. The van der Waals surface area contributed by atoms with E-state index in [1.807, 2.05) is 12.3 Å². The Kier molecular flexibility index (Phi) is 5.17. The molecule has 0 saturated carbocycles. The predicted molar refractivity (Wildman–Crippen MR) is 116 cm³/mol. The zero-order valence-corrected chi connectivity index (χ0v) is 17.2. The molecular formula is C23H25FN6. The third-order valence-electron chi connectivity index (χ3n) is 5.38. The number of fused-ring (bicyclic) bond motifs is 1. The number of hydrogen-bond acceptors (Lipinski definition) is 5. The molecule has 0 radical (unpaired) electrons. The molecule has 0 aliphatic carbocycles. The highest BCUT2D eigenvalue weighted by molar-refractivity contribution is 5.95. The van der Waals surface area contributed by atoms with Gasteiger partial charge in [0.05, 0.1) is 11.8 Å². The number of halogens is 1. The minimum atomic E-state index is -0.304. The van der Waals surface area contributed by atoms with Crippen molar-refractivity contribution in [3.63, 3.8) is 0 Å². The van der Waals surface area contributed by atoms with Crippen LogP contribution in [0.5, 0.6) is 0 Å². The van der Waals surface area contributed by atoms with Gasteiger partial charge in [-0.1, -0.05) is 6.58 Å². The third-order valence-corrected chi connectivity index (χ3v) is 5.38. The lowest BCUT2D eigenvalue weighted by atomic mass is 9.88. The van der Waals surface area contributed by atoms with E-state index < -0.39 is 0 Å². The summed E-state index contributed by atoms with van der Waals surface area (Å²) in [6, 6.07) is 7.36. The van der Waals surface area contributed by atoms with Crippen LogP contribution in [0, 0.1) is 17.1 Å². The maximum Gasteiger partial charge on any atom is 0.223 e. The lowest BCUT2D eigenvalue weighted by Gasteiger charge is -2.38. The van der Waals surface area contributed by atoms with Gasteiger partial charge in [-0.05, 0) is 50.5 Å². The molecule has 1 unspecified atom stereocenters. The molecule has 1 saturated heterocycles. The number of nitrogens with one attached hydrogen (secondary N) is 3. The molecule has 3 N–H and O–H groups in total. The van der Waals surface area contributed by atoms with Crippen molar-refractivity contribution < 1.29 is 4.39 Å². The number of piperidine rings is 1. The van der Waals surface area contributed by atoms with E-state index in [1.165, 1.54) is 6.07 Å². The zero-order valence-electron chi connectivity index (χ0n) is 17.2. The third kappa shape index (κ3) is 4.13. The van der Waals surface area contributed by atoms with Crippen LogP contribution in [-0.2, 0) is 6.42 Å². The minimum absolute atomic E-state index is 0.0395. The summed E-state index contributed by atoms with van der Waals surface area (Å²) in [5.41, 5.74) is 3.85. The molecule has 1 fully saturated rings. The standard InChI is InChI=1S/C23H25FN6/c1-14-9-16(12-23(2,3)30-14)28-22-26-8-6-20(29-22)18-13-27-21-10-15(5-4-7-25)19(24)11-17(18)21/h6,8,10-11,13,16,27,30H,1,4-5,9,12H2,2-3H3,(H,26,28,29). The van der Waals surface area contributed by atoms with Gasteiger partial charge in [-0.25, -0.2) is 14.4 Å². The fourth-order valence-electron chi connectivity index (χ4n) is 4.21. The highest BCUT2D eigenvalue weighted by Crippen LogP contribution is 2.31.